The van der Waals surface area contributed by atoms with Crippen molar-refractivity contribution in [2.24, 2.45) is 0 Å². The van der Waals surface area contributed by atoms with E-state index in [1.54, 1.807) is 0 Å². The second-order valence-corrected chi connectivity index (χ2v) is 2.54. The van der Waals surface area contributed by atoms with Gasteiger partial charge in [-0.05, 0) is 0 Å². The fraction of sp³-hybridized carbons (Fsp3) is 0.0769. The van der Waals surface area contributed by atoms with Crippen LogP contribution in [0.5, 0.6) is 0 Å². The first-order chi connectivity index (χ1) is 6.50. The summed E-state index contributed by atoms with van der Waals surface area (Å²) in [6.45, 7) is 0. The molecule has 2 aliphatic carbocycles. The maximum atomic E-state index is 2.99. The summed E-state index contributed by atoms with van der Waals surface area (Å²) >= 11 is 0. The molecule has 0 saturated carbocycles. The zero-order valence-corrected chi connectivity index (χ0v) is 8.93. The maximum Gasteiger partial charge on any atom is 0 e. The van der Waals surface area contributed by atoms with Gasteiger partial charge < -0.3 is 0 Å². The Labute approximate surface area is 96.3 Å². The normalized spacial score (nSPS) is 20.0. The van der Waals surface area contributed by atoms with Crippen LogP contribution in [0.4, 0.5) is 0 Å². The molecule has 1 radical (unpaired) electrons. The summed E-state index contributed by atoms with van der Waals surface area (Å²) < 4.78 is 0. The third-order valence-electron chi connectivity index (χ3n) is 1.47. The summed E-state index contributed by atoms with van der Waals surface area (Å²) in [7, 11) is 0. The van der Waals surface area contributed by atoms with Crippen molar-refractivity contribution in [1.29, 1.82) is 0 Å². The first-order valence-electron chi connectivity index (χ1n) is 4.38. The Balaban J connectivity index is 0.000000246. The summed E-state index contributed by atoms with van der Waals surface area (Å²) in [6.07, 6.45) is 26.0. The zero-order chi connectivity index (χ0) is 9.19. The average molecular weight is 228 g/mol. The van der Waals surface area contributed by atoms with Crippen LogP contribution in [0.3, 0.4) is 0 Å². The van der Waals surface area contributed by atoms with Crippen LogP contribution in [0, 0.1) is 6.08 Å². The molecule has 0 spiro atoms. The molecular formula is C13H13Co-. The van der Waals surface area contributed by atoms with Gasteiger partial charge in [-0.25, -0.2) is 12.2 Å². The minimum absolute atomic E-state index is 0. The van der Waals surface area contributed by atoms with Crippen molar-refractivity contribution >= 4 is 0 Å². The fourth-order valence-electron chi connectivity index (χ4n) is 0.853. The van der Waals surface area contributed by atoms with Crippen LogP contribution in [0.1, 0.15) is 6.42 Å². The molecule has 0 fully saturated rings. The quantitative estimate of drug-likeness (QED) is 0.556. The van der Waals surface area contributed by atoms with E-state index in [0.29, 0.717) is 0 Å². The van der Waals surface area contributed by atoms with Crippen LogP contribution in [-0.2, 0) is 16.8 Å². The van der Waals surface area contributed by atoms with Gasteiger partial charge in [-0.3, -0.25) is 6.08 Å². The predicted molar refractivity (Wildman–Crippen MR) is 58.1 cm³/mol. The molecule has 0 amide bonds. The van der Waals surface area contributed by atoms with Gasteiger partial charge in [-0.2, -0.15) is 6.08 Å². The molecular weight excluding hydrogens is 215 g/mol. The molecule has 0 heterocycles. The SMILES string of the molecule is C1=C/C=C\C=C/C=C1.[C-]1=CC=CC1.[Co]. The molecule has 0 N–H and O–H groups in total. The van der Waals surface area contributed by atoms with E-state index in [2.05, 4.69) is 12.2 Å². The molecule has 0 atom stereocenters. The van der Waals surface area contributed by atoms with Gasteiger partial charge in [0, 0.05) is 16.8 Å². The summed E-state index contributed by atoms with van der Waals surface area (Å²) in [6, 6.07) is 0. The second-order valence-electron chi connectivity index (χ2n) is 2.54. The van der Waals surface area contributed by atoms with Crippen LogP contribution in [0.15, 0.2) is 66.8 Å². The van der Waals surface area contributed by atoms with E-state index in [0.717, 1.165) is 6.42 Å². The number of allylic oxidation sites excluding steroid dienone is 12. The van der Waals surface area contributed by atoms with Gasteiger partial charge in [0.2, 0.25) is 0 Å². The van der Waals surface area contributed by atoms with Crippen LogP contribution >= 0.6 is 0 Å². The maximum absolute atomic E-state index is 2.99. The number of rotatable bonds is 0. The fourth-order valence-corrected chi connectivity index (χ4v) is 0.853. The Bertz CT molecular complexity index is 222. The minimum Gasteiger partial charge on any atom is -0.273 e. The monoisotopic (exact) mass is 228 g/mol. The van der Waals surface area contributed by atoms with Crippen molar-refractivity contribution in [1.82, 2.24) is 0 Å². The van der Waals surface area contributed by atoms with Gasteiger partial charge in [-0.15, -0.1) is 6.42 Å². The molecule has 2 rings (SSSR count). The Morgan fingerprint density at radius 3 is 1.21 bits per heavy atom. The van der Waals surface area contributed by atoms with E-state index in [-0.39, 0.29) is 16.8 Å². The van der Waals surface area contributed by atoms with Crippen LogP contribution in [-0.4, -0.2) is 0 Å². The van der Waals surface area contributed by atoms with E-state index < -0.39 is 0 Å². The van der Waals surface area contributed by atoms with Crippen molar-refractivity contribution < 1.29 is 16.8 Å². The number of hydrogen-bond acceptors (Lipinski definition) is 0. The zero-order valence-electron chi connectivity index (χ0n) is 7.89. The summed E-state index contributed by atoms with van der Waals surface area (Å²) in [5.74, 6) is 0. The van der Waals surface area contributed by atoms with Crippen LogP contribution in [0.25, 0.3) is 0 Å². The largest absolute Gasteiger partial charge is 0.273 e. The molecule has 0 aromatic heterocycles. The molecule has 0 aromatic carbocycles. The van der Waals surface area contributed by atoms with Crippen LogP contribution < -0.4 is 0 Å². The van der Waals surface area contributed by atoms with Gasteiger partial charge in [0.1, 0.15) is 0 Å². The molecule has 2 aliphatic rings. The van der Waals surface area contributed by atoms with Gasteiger partial charge in [0.05, 0.1) is 0 Å². The van der Waals surface area contributed by atoms with Gasteiger partial charge in [-0.1, -0.05) is 48.6 Å². The standard InChI is InChI=1S/C8H8.C5H5.Co/c1-2-4-6-8-7-5-3-1;1-2-4-5-3-1;/h1-8H;1-3H,4H2;/q;-1;/b2-1-,3-1?,4-2?,5-3-,6-4?,7-5?,8-6?,8-7?;;. The van der Waals surface area contributed by atoms with Gasteiger partial charge >= 0.3 is 0 Å². The topological polar surface area (TPSA) is 0 Å². The van der Waals surface area contributed by atoms with E-state index in [1.807, 2.05) is 60.8 Å². The Kier molecular flexibility index (Phi) is 9.28. The summed E-state index contributed by atoms with van der Waals surface area (Å²) in [5.41, 5.74) is 0. The minimum atomic E-state index is 0. The van der Waals surface area contributed by atoms with Crippen molar-refractivity contribution in [3.05, 3.63) is 72.9 Å². The number of hydrogen-bond donors (Lipinski definition) is 0. The smallest absolute Gasteiger partial charge is 0 e. The molecule has 0 aliphatic heterocycles. The van der Waals surface area contributed by atoms with Crippen molar-refractivity contribution in [3.8, 4) is 0 Å². The van der Waals surface area contributed by atoms with Crippen molar-refractivity contribution in [2.45, 2.75) is 6.42 Å². The van der Waals surface area contributed by atoms with Gasteiger partial charge in [0.15, 0.2) is 0 Å². The van der Waals surface area contributed by atoms with Gasteiger partial charge in [0.25, 0.3) is 0 Å². The molecule has 0 nitrogen and oxygen atoms in total. The van der Waals surface area contributed by atoms with E-state index in [9.17, 15) is 0 Å². The molecule has 0 unspecified atom stereocenters. The summed E-state index contributed by atoms with van der Waals surface area (Å²) in [5, 5.41) is 0. The third-order valence-corrected chi connectivity index (χ3v) is 1.47. The van der Waals surface area contributed by atoms with Crippen LogP contribution in [0.2, 0.25) is 0 Å². The molecule has 0 bridgehead atoms. The third kappa shape index (κ3) is 7.59. The van der Waals surface area contributed by atoms with E-state index in [1.165, 1.54) is 0 Å². The molecule has 1 heteroatoms. The van der Waals surface area contributed by atoms with Crippen molar-refractivity contribution in [2.75, 3.05) is 0 Å². The van der Waals surface area contributed by atoms with Crippen molar-refractivity contribution in [3.63, 3.8) is 0 Å². The Morgan fingerprint density at radius 1 is 0.643 bits per heavy atom. The molecule has 14 heavy (non-hydrogen) atoms. The first kappa shape index (κ1) is 12.9. The van der Waals surface area contributed by atoms with E-state index >= 15 is 0 Å². The summed E-state index contributed by atoms with van der Waals surface area (Å²) in [4.78, 5) is 0. The molecule has 0 saturated heterocycles. The van der Waals surface area contributed by atoms with E-state index in [4.69, 9.17) is 0 Å². The Morgan fingerprint density at radius 2 is 1.07 bits per heavy atom. The molecule has 0 aromatic rings. The average Bonchev–Trinajstić information content (AvgIpc) is 2.58. The second kappa shape index (κ2) is 10.0. The predicted octanol–water partition coefficient (Wildman–Crippen LogP) is 3.53. The first-order valence-corrected chi connectivity index (χ1v) is 4.38. The Hall–Kier alpha value is -1.05. The molecule has 75 valence electrons.